The predicted octanol–water partition coefficient (Wildman–Crippen LogP) is 11.5. The molecule has 1 aliphatic rings. The smallest absolute Gasteiger partial charge is 0.184 e. The third kappa shape index (κ3) is 4.40. The number of rotatable bonds is 4. The first-order valence-corrected chi connectivity index (χ1v) is 18.1. The molecule has 3 aromatic heterocycles. The van der Waals surface area contributed by atoms with Crippen molar-refractivity contribution in [1.82, 2.24) is 15.2 Å². The first kappa shape index (κ1) is 28.6. The number of hydrogen-bond donors (Lipinski definition) is 2. The van der Waals surface area contributed by atoms with Gasteiger partial charge in [0.2, 0.25) is 0 Å². The molecule has 5 nitrogen and oxygen atoms in total. The fraction of sp³-hybridized carbons (Fsp3) is 0.0444. The second-order valence-corrected chi connectivity index (χ2v) is 14.2. The number of para-hydroxylation sites is 3. The van der Waals surface area contributed by atoms with Crippen LogP contribution in [0.1, 0.15) is 23.6 Å². The van der Waals surface area contributed by atoms with Crippen molar-refractivity contribution in [3.8, 4) is 11.1 Å². The van der Waals surface area contributed by atoms with Gasteiger partial charge in [-0.25, -0.2) is 4.99 Å². The molecule has 242 valence electrons. The summed E-state index contributed by atoms with van der Waals surface area (Å²) in [4.78, 5) is 5.32. The van der Waals surface area contributed by atoms with E-state index in [0.717, 1.165) is 49.9 Å². The standard InChI is InChI=1S/C45H30N4OS/c1-3-12-27(13-4-1)29-22-25-39-36(26-29)34-24-23-33-32-18-11-19-35(40(32)50-41(33)42(34)51-39)44-46-43(28-14-5-2-6-15-28)47-45(48-44)49-37-20-9-7-16-30(37)31-17-8-10-21-38(31)49/h1-26,44-45,48H,(H,46,47). The van der Waals surface area contributed by atoms with Crippen molar-refractivity contribution in [2.75, 3.05) is 0 Å². The average Bonchev–Trinajstić information content (AvgIpc) is 3.88. The molecule has 0 amide bonds. The molecule has 0 saturated carbocycles. The van der Waals surface area contributed by atoms with Gasteiger partial charge in [-0.15, -0.1) is 11.3 Å². The van der Waals surface area contributed by atoms with Gasteiger partial charge in [0.05, 0.1) is 15.7 Å². The van der Waals surface area contributed by atoms with Gasteiger partial charge in [-0.05, 0) is 41.5 Å². The molecule has 2 unspecified atom stereocenters. The van der Waals surface area contributed by atoms with Gasteiger partial charge in [0, 0.05) is 48.1 Å². The highest BCUT2D eigenvalue weighted by Gasteiger charge is 2.30. The number of amidine groups is 1. The Hall–Kier alpha value is -6.21. The highest BCUT2D eigenvalue weighted by Crippen LogP contribution is 2.44. The van der Waals surface area contributed by atoms with E-state index >= 15 is 0 Å². The maximum absolute atomic E-state index is 6.99. The molecule has 0 radical (unpaired) electrons. The van der Waals surface area contributed by atoms with Crippen LogP contribution < -0.4 is 10.6 Å². The highest BCUT2D eigenvalue weighted by molar-refractivity contribution is 7.26. The Morgan fingerprint density at radius 2 is 1.18 bits per heavy atom. The van der Waals surface area contributed by atoms with Crippen molar-refractivity contribution >= 4 is 81.1 Å². The number of furan rings is 1. The highest BCUT2D eigenvalue weighted by atomic mass is 32.1. The van der Waals surface area contributed by atoms with Crippen LogP contribution in [0.25, 0.3) is 75.0 Å². The minimum Gasteiger partial charge on any atom is -0.454 e. The van der Waals surface area contributed by atoms with Gasteiger partial charge >= 0.3 is 0 Å². The van der Waals surface area contributed by atoms with Crippen molar-refractivity contribution in [2.24, 2.45) is 4.99 Å². The Morgan fingerprint density at radius 1 is 0.529 bits per heavy atom. The maximum atomic E-state index is 6.99. The molecule has 2 atom stereocenters. The summed E-state index contributed by atoms with van der Waals surface area (Å²) in [5.74, 6) is 0.834. The van der Waals surface area contributed by atoms with Gasteiger partial charge < -0.3 is 14.3 Å². The zero-order valence-corrected chi connectivity index (χ0v) is 28.2. The van der Waals surface area contributed by atoms with Crippen molar-refractivity contribution in [3.63, 3.8) is 0 Å². The quantitative estimate of drug-likeness (QED) is 0.195. The van der Waals surface area contributed by atoms with Gasteiger partial charge in [-0.3, -0.25) is 5.32 Å². The van der Waals surface area contributed by atoms with Gasteiger partial charge in [0.15, 0.2) is 11.9 Å². The predicted molar refractivity (Wildman–Crippen MR) is 213 cm³/mol. The summed E-state index contributed by atoms with van der Waals surface area (Å²) in [5.41, 5.74) is 8.60. The Labute approximate surface area is 297 Å². The lowest BCUT2D eigenvalue weighted by Gasteiger charge is -2.33. The van der Waals surface area contributed by atoms with E-state index in [1.54, 1.807) is 11.3 Å². The van der Waals surface area contributed by atoms with Crippen LogP contribution in [0.5, 0.6) is 0 Å². The minimum absolute atomic E-state index is 0.279. The minimum atomic E-state index is -0.371. The van der Waals surface area contributed by atoms with Crippen LogP contribution in [0, 0.1) is 0 Å². The third-order valence-electron chi connectivity index (χ3n) is 10.3. The number of hydrogen-bond acceptors (Lipinski definition) is 5. The van der Waals surface area contributed by atoms with Gasteiger partial charge in [-0.2, -0.15) is 0 Å². The van der Waals surface area contributed by atoms with Crippen LogP contribution in [-0.4, -0.2) is 10.4 Å². The van der Waals surface area contributed by atoms with E-state index in [4.69, 9.17) is 9.41 Å². The largest absolute Gasteiger partial charge is 0.454 e. The number of aromatic nitrogens is 1. The lowest BCUT2D eigenvalue weighted by molar-refractivity contribution is 0.341. The number of aliphatic imine (C=N–C) groups is 1. The van der Waals surface area contributed by atoms with Gasteiger partial charge in [0.25, 0.3) is 0 Å². The van der Waals surface area contributed by atoms with E-state index < -0.39 is 0 Å². The fourth-order valence-corrected chi connectivity index (χ4v) is 9.11. The van der Waals surface area contributed by atoms with Crippen molar-refractivity contribution in [3.05, 3.63) is 169 Å². The number of benzene rings is 7. The number of fused-ring (bicyclic) bond motifs is 10. The Bertz CT molecular complexity index is 2940. The Balaban J connectivity index is 1.08. The molecular weight excluding hydrogens is 645 g/mol. The summed E-state index contributed by atoms with van der Waals surface area (Å²) in [5, 5.41) is 14.8. The molecule has 0 fully saturated rings. The van der Waals surface area contributed by atoms with E-state index in [0.29, 0.717) is 0 Å². The monoisotopic (exact) mass is 674 g/mol. The molecule has 4 heterocycles. The second-order valence-electron chi connectivity index (χ2n) is 13.2. The molecule has 0 bridgehead atoms. The van der Waals surface area contributed by atoms with Crippen LogP contribution in [0.4, 0.5) is 0 Å². The van der Waals surface area contributed by atoms with Crippen LogP contribution in [0.2, 0.25) is 0 Å². The summed E-state index contributed by atoms with van der Waals surface area (Å²) < 4.78 is 11.7. The van der Waals surface area contributed by atoms with Crippen molar-refractivity contribution in [1.29, 1.82) is 0 Å². The van der Waals surface area contributed by atoms with E-state index in [9.17, 15) is 0 Å². The lowest BCUT2D eigenvalue weighted by atomic mass is 10.0. The summed E-state index contributed by atoms with van der Waals surface area (Å²) in [6.45, 7) is 0. The maximum Gasteiger partial charge on any atom is 0.184 e. The zero-order valence-electron chi connectivity index (χ0n) is 27.4. The van der Waals surface area contributed by atoms with Crippen LogP contribution in [0.15, 0.2) is 167 Å². The second kappa shape index (κ2) is 11.2. The zero-order chi connectivity index (χ0) is 33.5. The summed E-state index contributed by atoms with van der Waals surface area (Å²) in [7, 11) is 0. The molecular formula is C45H30N4OS. The Kier molecular flexibility index (Phi) is 6.26. The van der Waals surface area contributed by atoms with E-state index in [-0.39, 0.29) is 12.5 Å². The molecule has 6 heteroatoms. The normalized spacial score (nSPS) is 16.4. The topological polar surface area (TPSA) is 54.5 Å². The number of nitrogens with one attached hydrogen (secondary N) is 2. The molecule has 51 heavy (non-hydrogen) atoms. The molecule has 11 rings (SSSR count). The fourth-order valence-electron chi connectivity index (χ4n) is 7.94. The first-order valence-electron chi connectivity index (χ1n) is 17.3. The van der Waals surface area contributed by atoms with Crippen molar-refractivity contribution in [2.45, 2.75) is 12.5 Å². The summed E-state index contributed by atoms with van der Waals surface area (Å²) >= 11 is 1.80. The van der Waals surface area contributed by atoms with Gasteiger partial charge in [0.1, 0.15) is 17.6 Å². The summed E-state index contributed by atoms with van der Waals surface area (Å²) in [6.07, 6.45) is -0.651. The number of thiophene rings is 1. The van der Waals surface area contributed by atoms with Crippen LogP contribution in [-0.2, 0) is 0 Å². The third-order valence-corrected chi connectivity index (χ3v) is 11.5. The molecule has 0 aliphatic carbocycles. The van der Waals surface area contributed by atoms with Crippen LogP contribution in [0.3, 0.4) is 0 Å². The number of nitrogens with zero attached hydrogens (tertiary/aromatic N) is 2. The van der Waals surface area contributed by atoms with E-state index in [1.807, 2.05) is 6.07 Å². The molecule has 10 aromatic rings. The molecule has 1 aliphatic heterocycles. The molecule has 2 N–H and O–H groups in total. The molecule has 0 saturated heterocycles. The van der Waals surface area contributed by atoms with E-state index in [1.165, 1.54) is 42.1 Å². The van der Waals surface area contributed by atoms with E-state index in [2.05, 4.69) is 167 Å². The lowest BCUT2D eigenvalue weighted by Crippen LogP contribution is -2.46. The first-order chi connectivity index (χ1) is 25.3. The molecule has 7 aromatic carbocycles. The average molecular weight is 675 g/mol. The van der Waals surface area contributed by atoms with Gasteiger partial charge in [-0.1, -0.05) is 127 Å². The van der Waals surface area contributed by atoms with Crippen molar-refractivity contribution < 1.29 is 4.42 Å². The SMILES string of the molecule is c1ccc(C2=NC(n3c4ccccc4c4ccccc43)NC(c3cccc4c3oc3c4ccc4c5cc(-c6ccccc6)ccc5sc43)N2)cc1. The summed E-state index contributed by atoms with van der Waals surface area (Å²) in [6, 6.07) is 55.9. The molecule has 0 spiro atoms. The Morgan fingerprint density at radius 3 is 1.94 bits per heavy atom. The van der Waals surface area contributed by atoms with Crippen LogP contribution >= 0.6 is 11.3 Å².